The second-order valence-electron chi connectivity index (χ2n) is 4.18. The summed E-state index contributed by atoms with van der Waals surface area (Å²) in [4.78, 5) is 26.1. The topological polar surface area (TPSA) is 111 Å². The maximum absolute atomic E-state index is 12.0. The van der Waals surface area contributed by atoms with Crippen LogP contribution in [0.2, 0.25) is 0 Å². The van der Waals surface area contributed by atoms with Crippen LogP contribution in [0.3, 0.4) is 0 Å². The van der Waals surface area contributed by atoms with Crippen LogP contribution in [-0.4, -0.2) is 15.8 Å². The maximum Gasteiger partial charge on any atom is 0.271 e. The summed E-state index contributed by atoms with van der Waals surface area (Å²) in [7, 11) is 0. The lowest BCUT2D eigenvalue weighted by Crippen LogP contribution is -2.13. The molecule has 0 atom stereocenters. The number of aryl methyl sites for hydroxylation is 1. The zero-order valence-electron chi connectivity index (χ0n) is 10.7. The predicted octanol–water partition coefficient (Wildman–Crippen LogP) is 2.13. The second kappa shape index (κ2) is 5.35. The van der Waals surface area contributed by atoms with Crippen molar-refractivity contribution in [1.29, 1.82) is 0 Å². The number of pyridine rings is 1. The predicted molar refractivity (Wildman–Crippen MR) is 74.4 cm³/mol. The van der Waals surface area contributed by atoms with E-state index in [2.05, 4.69) is 10.3 Å². The molecule has 0 fully saturated rings. The Morgan fingerprint density at radius 1 is 1.35 bits per heavy atom. The van der Waals surface area contributed by atoms with E-state index in [4.69, 9.17) is 5.73 Å². The average Bonchev–Trinajstić information content (AvgIpc) is 2.37. The molecule has 1 amide bonds. The number of anilines is 2. The largest absolute Gasteiger partial charge is 0.384 e. The van der Waals surface area contributed by atoms with Crippen molar-refractivity contribution in [3.8, 4) is 0 Å². The van der Waals surface area contributed by atoms with E-state index in [1.54, 1.807) is 19.1 Å². The van der Waals surface area contributed by atoms with E-state index in [1.165, 1.54) is 24.3 Å². The number of nitro benzene ring substituents is 1. The van der Waals surface area contributed by atoms with Gasteiger partial charge in [0.15, 0.2) is 0 Å². The summed E-state index contributed by atoms with van der Waals surface area (Å²) in [6.07, 6.45) is 0. The Morgan fingerprint density at radius 3 is 2.75 bits per heavy atom. The number of nitrogen functional groups attached to an aromatic ring is 1. The van der Waals surface area contributed by atoms with Crippen LogP contribution in [-0.2, 0) is 0 Å². The molecule has 0 bridgehead atoms. The second-order valence-corrected chi connectivity index (χ2v) is 4.18. The molecule has 0 aliphatic rings. The molecule has 2 rings (SSSR count). The number of nitro groups is 1. The van der Waals surface area contributed by atoms with Crippen molar-refractivity contribution in [1.82, 2.24) is 4.98 Å². The Morgan fingerprint density at radius 2 is 2.10 bits per heavy atom. The van der Waals surface area contributed by atoms with Crippen LogP contribution in [0.25, 0.3) is 0 Å². The van der Waals surface area contributed by atoms with Crippen molar-refractivity contribution in [3.05, 3.63) is 57.8 Å². The molecule has 0 aliphatic carbocycles. The summed E-state index contributed by atoms with van der Waals surface area (Å²) < 4.78 is 0. The summed E-state index contributed by atoms with van der Waals surface area (Å²) in [5, 5.41) is 13.2. The van der Waals surface area contributed by atoms with Crippen molar-refractivity contribution in [2.45, 2.75) is 6.92 Å². The summed E-state index contributed by atoms with van der Waals surface area (Å²) in [5.74, 6) is -0.156. The Kier molecular flexibility index (Phi) is 3.60. The van der Waals surface area contributed by atoms with Crippen molar-refractivity contribution < 1.29 is 9.72 Å². The fourth-order valence-corrected chi connectivity index (χ4v) is 1.73. The van der Waals surface area contributed by atoms with Crippen LogP contribution in [0, 0.1) is 17.0 Å². The Bertz CT molecular complexity index is 665. The monoisotopic (exact) mass is 272 g/mol. The molecule has 20 heavy (non-hydrogen) atoms. The van der Waals surface area contributed by atoms with Gasteiger partial charge in [-0.05, 0) is 25.1 Å². The van der Waals surface area contributed by atoms with Gasteiger partial charge in [0, 0.05) is 29.1 Å². The summed E-state index contributed by atoms with van der Waals surface area (Å²) in [5.41, 5.74) is 6.80. The molecule has 3 N–H and O–H groups in total. The third kappa shape index (κ3) is 3.08. The summed E-state index contributed by atoms with van der Waals surface area (Å²) in [6, 6.07) is 8.74. The highest BCUT2D eigenvalue weighted by Gasteiger charge is 2.11. The number of amides is 1. The number of benzene rings is 1. The maximum atomic E-state index is 12.0. The van der Waals surface area contributed by atoms with Crippen molar-refractivity contribution in [3.63, 3.8) is 0 Å². The van der Waals surface area contributed by atoms with Crippen LogP contribution in [0.1, 0.15) is 16.1 Å². The van der Waals surface area contributed by atoms with Gasteiger partial charge >= 0.3 is 0 Å². The number of non-ortho nitro benzene ring substituents is 1. The molecule has 102 valence electrons. The van der Waals surface area contributed by atoms with E-state index < -0.39 is 10.8 Å². The molecule has 0 radical (unpaired) electrons. The lowest BCUT2D eigenvalue weighted by atomic mass is 10.2. The highest BCUT2D eigenvalue weighted by atomic mass is 16.6. The minimum Gasteiger partial charge on any atom is -0.384 e. The van der Waals surface area contributed by atoms with Crippen molar-refractivity contribution in [2.24, 2.45) is 0 Å². The number of carbonyl (C=O) groups excluding carboxylic acids is 1. The first-order chi connectivity index (χ1) is 9.45. The van der Waals surface area contributed by atoms with E-state index >= 15 is 0 Å². The van der Waals surface area contributed by atoms with Crippen LogP contribution in [0.5, 0.6) is 0 Å². The molecule has 1 heterocycles. The first-order valence-electron chi connectivity index (χ1n) is 5.75. The Hall–Kier alpha value is -2.96. The molecule has 0 aliphatic heterocycles. The molecule has 0 saturated heterocycles. The van der Waals surface area contributed by atoms with Crippen molar-refractivity contribution >= 4 is 23.1 Å². The fourth-order valence-electron chi connectivity index (χ4n) is 1.73. The van der Waals surface area contributed by atoms with Crippen LogP contribution in [0.15, 0.2) is 36.4 Å². The standard InChI is InChI=1S/C13H12N4O3/c1-8-5-9(6-12(14)15-8)13(18)16-10-3-2-4-11(7-10)17(19)20/h2-7H,1H3,(H2,14,15)(H,16,18). The molecule has 7 nitrogen and oxygen atoms in total. The molecular formula is C13H12N4O3. The van der Waals surface area contributed by atoms with E-state index in [9.17, 15) is 14.9 Å². The van der Waals surface area contributed by atoms with Crippen LogP contribution in [0.4, 0.5) is 17.2 Å². The molecule has 0 saturated carbocycles. The number of nitrogens with zero attached hydrogens (tertiary/aromatic N) is 2. The van der Waals surface area contributed by atoms with Crippen LogP contribution >= 0.6 is 0 Å². The highest BCUT2D eigenvalue weighted by molar-refractivity contribution is 6.04. The third-order valence-corrected chi connectivity index (χ3v) is 2.55. The number of hydrogen-bond donors (Lipinski definition) is 2. The molecule has 0 spiro atoms. The quantitative estimate of drug-likeness (QED) is 0.656. The molecule has 1 aromatic carbocycles. The number of aromatic nitrogens is 1. The zero-order chi connectivity index (χ0) is 14.7. The van der Waals surface area contributed by atoms with Gasteiger partial charge in [-0.3, -0.25) is 14.9 Å². The van der Waals surface area contributed by atoms with Crippen LogP contribution < -0.4 is 11.1 Å². The minimum atomic E-state index is -0.524. The first-order valence-corrected chi connectivity index (χ1v) is 5.75. The Balaban J connectivity index is 2.23. The first kappa shape index (κ1) is 13.5. The molecule has 0 unspecified atom stereocenters. The zero-order valence-corrected chi connectivity index (χ0v) is 10.7. The third-order valence-electron chi connectivity index (χ3n) is 2.55. The van der Waals surface area contributed by atoms with Gasteiger partial charge in [-0.1, -0.05) is 6.07 Å². The van der Waals surface area contributed by atoms with Gasteiger partial charge in [0.2, 0.25) is 0 Å². The minimum absolute atomic E-state index is 0.0896. The summed E-state index contributed by atoms with van der Waals surface area (Å²) >= 11 is 0. The number of carbonyl (C=O) groups is 1. The summed E-state index contributed by atoms with van der Waals surface area (Å²) in [6.45, 7) is 1.72. The average molecular weight is 272 g/mol. The van der Waals surface area contributed by atoms with E-state index in [0.29, 0.717) is 16.9 Å². The van der Waals surface area contributed by atoms with Gasteiger partial charge < -0.3 is 11.1 Å². The normalized spacial score (nSPS) is 10.1. The van der Waals surface area contributed by atoms with Gasteiger partial charge in [0.25, 0.3) is 11.6 Å². The Labute approximate surface area is 114 Å². The SMILES string of the molecule is Cc1cc(C(=O)Nc2cccc([N+](=O)[O-])c2)cc(N)n1. The van der Waals surface area contributed by atoms with Gasteiger partial charge in [-0.2, -0.15) is 0 Å². The molecule has 1 aromatic heterocycles. The van der Waals surface area contributed by atoms with E-state index in [-0.39, 0.29) is 11.5 Å². The van der Waals surface area contributed by atoms with E-state index in [0.717, 1.165) is 0 Å². The smallest absolute Gasteiger partial charge is 0.271 e. The number of nitrogens with one attached hydrogen (secondary N) is 1. The van der Waals surface area contributed by atoms with Gasteiger partial charge in [0.05, 0.1) is 4.92 Å². The lowest BCUT2D eigenvalue weighted by Gasteiger charge is -2.06. The number of nitrogens with two attached hydrogens (primary N) is 1. The number of hydrogen-bond acceptors (Lipinski definition) is 5. The molecular weight excluding hydrogens is 260 g/mol. The fraction of sp³-hybridized carbons (Fsp3) is 0.0769. The number of rotatable bonds is 3. The van der Waals surface area contributed by atoms with Gasteiger partial charge in [-0.15, -0.1) is 0 Å². The van der Waals surface area contributed by atoms with Gasteiger partial charge in [0.1, 0.15) is 5.82 Å². The molecule has 7 heteroatoms. The lowest BCUT2D eigenvalue weighted by molar-refractivity contribution is -0.384. The van der Waals surface area contributed by atoms with Crippen molar-refractivity contribution in [2.75, 3.05) is 11.1 Å². The molecule has 2 aromatic rings. The van der Waals surface area contributed by atoms with E-state index in [1.807, 2.05) is 0 Å². The highest BCUT2D eigenvalue weighted by Crippen LogP contribution is 2.18. The van der Waals surface area contributed by atoms with Gasteiger partial charge in [-0.25, -0.2) is 4.98 Å².